The van der Waals surface area contributed by atoms with Crippen LogP contribution in [0, 0.1) is 0 Å². The quantitative estimate of drug-likeness (QED) is 0.272. The number of β-lactam (4-membered cyclic amide) rings is 1. The molecule has 2 saturated heterocycles. The van der Waals surface area contributed by atoms with Crippen LogP contribution in [0.3, 0.4) is 0 Å². The smallest absolute Gasteiger partial charge is 0.352 e. The Hall–Kier alpha value is -3.06. The predicted molar refractivity (Wildman–Crippen MR) is 155 cm³/mol. The summed E-state index contributed by atoms with van der Waals surface area (Å²) >= 11 is 8.32. The summed E-state index contributed by atoms with van der Waals surface area (Å²) in [5.41, 5.74) is 2.45. The molecule has 0 bridgehead atoms. The van der Waals surface area contributed by atoms with Crippen LogP contribution in [-0.2, 0) is 20.8 Å². The molecular weight excluding hydrogens is 557 g/mol. The number of carboxylic acid groups (broad SMARTS) is 1. The normalized spacial score (nSPS) is 23.9. The number of amides is 2. The van der Waals surface area contributed by atoms with E-state index in [2.05, 4.69) is 22.8 Å². The Morgan fingerprint density at radius 2 is 1.90 bits per heavy atom. The average Bonchev–Trinajstić information content (AvgIpc) is 2.93. The van der Waals surface area contributed by atoms with Gasteiger partial charge in [-0.1, -0.05) is 66.4 Å². The first-order chi connectivity index (χ1) is 18.7. The van der Waals surface area contributed by atoms with Gasteiger partial charge in [0.15, 0.2) is 0 Å². The van der Waals surface area contributed by atoms with Gasteiger partial charge in [-0.25, -0.2) is 4.79 Å². The lowest BCUT2D eigenvalue weighted by atomic mass is 9.99. The molecule has 9 nitrogen and oxygen atoms in total. The van der Waals surface area contributed by atoms with Crippen LogP contribution in [0.25, 0.3) is 0 Å². The molecule has 2 unspecified atom stereocenters. The average molecular weight is 585 g/mol. The third-order valence-electron chi connectivity index (χ3n) is 7.03. The van der Waals surface area contributed by atoms with E-state index in [-0.39, 0.29) is 23.5 Å². The second kappa shape index (κ2) is 11.6. The number of aryl methyl sites for hydroxylation is 1. The lowest BCUT2D eigenvalue weighted by molar-refractivity contribution is -0.151. The molecule has 4 N–H and O–H groups in total. The van der Waals surface area contributed by atoms with Crippen molar-refractivity contribution in [1.82, 2.24) is 20.4 Å². The largest absolute Gasteiger partial charge is 0.508 e. The van der Waals surface area contributed by atoms with Crippen LogP contribution in [-0.4, -0.2) is 71.3 Å². The van der Waals surface area contributed by atoms with Crippen LogP contribution < -0.4 is 10.6 Å². The minimum absolute atomic E-state index is 0.00421. The fraction of sp³-hybridized carbons (Fsp3) is 0.333. The van der Waals surface area contributed by atoms with Crippen LogP contribution >= 0.6 is 35.7 Å². The number of thiocarbonyl (C=S) groups is 1. The monoisotopic (exact) mass is 584 g/mol. The SMILES string of the molecule is CC1=C(C(=O)O)N2C(=O)[C@@H](NC(=O)C(c3ccc(O)cc3)N3CSC(=S)NC3CCc3ccccc3)[C@H]2SC1. The molecule has 204 valence electrons. The van der Waals surface area contributed by atoms with Crippen molar-refractivity contribution in [2.24, 2.45) is 0 Å². The molecule has 0 aromatic heterocycles. The first kappa shape index (κ1) is 27.5. The van der Waals surface area contributed by atoms with Crippen molar-refractivity contribution in [3.8, 4) is 5.75 Å². The van der Waals surface area contributed by atoms with Gasteiger partial charge in [-0.2, -0.15) is 0 Å². The summed E-state index contributed by atoms with van der Waals surface area (Å²) in [5, 5.41) is 25.3. The highest BCUT2D eigenvalue weighted by Crippen LogP contribution is 2.41. The predicted octanol–water partition coefficient (Wildman–Crippen LogP) is 3.03. The summed E-state index contributed by atoms with van der Waals surface area (Å²) in [6.45, 7) is 1.70. The Morgan fingerprint density at radius 3 is 2.59 bits per heavy atom. The van der Waals surface area contributed by atoms with Crippen LogP contribution in [0.2, 0.25) is 0 Å². The molecule has 12 heteroatoms. The minimum atomic E-state index is -1.15. The van der Waals surface area contributed by atoms with E-state index in [4.69, 9.17) is 12.2 Å². The lowest BCUT2D eigenvalue weighted by Gasteiger charge is -2.50. The van der Waals surface area contributed by atoms with Crippen LogP contribution in [0.5, 0.6) is 5.75 Å². The Kier molecular flexibility index (Phi) is 8.17. The van der Waals surface area contributed by atoms with Crippen LogP contribution in [0.1, 0.15) is 30.5 Å². The number of aliphatic carboxylic acids is 1. The van der Waals surface area contributed by atoms with Crippen molar-refractivity contribution < 1.29 is 24.6 Å². The maximum Gasteiger partial charge on any atom is 0.352 e. The fourth-order valence-electron chi connectivity index (χ4n) is 5.08. The number of phenols is 1. The highest BCUT2D eigenvalue weighted by atomic mass is 32.2. The molecular formula is C27H28N4O5S3. The Labute approximate surface area is 240 Å². The molecule has 0 aliphatic carbocycles. The van der Waals surface area contributed by atoms with Gasteiger partial charge >= 0.3 is 5.97 Å². The fourth-order valence-corrected chi connectivity index (χ4v) is 7.48. The molecule has 3 heterocycles. The molecule has 2 aromatic rings. The Bertz CT molecular complexity index is 1320. The van der Waals surface area contributed by atoms with Gasteiger partial charge in [0.2, 0.25) is 5.91 Å². The van der Waals surface area contributed by atoms with Crippen LogP contribution in [0.15, 0.2) is 65.9 Å². The van der Waals surface area contributed by atoms with E-state index < -0.39 is 29.3 Å². The molecule has 3 aliphatic heterocycles. The second-order valence-electron chi connectivity index (χ2n) is 9.58. The minimum Gasteiger partial charge on any atom is -0.508 e. The third-order valence-corrected chi connectivity index (χ3v) is 9.73. The highest BCUT2D eigenvalue weighted by Gasteiger charge is 2.54. The Balaban J connectivity index is 1.39. The van der Waals surface area contributed by atoms with Gasteiger partial charge in [-0.15, -0.1) is 11.8 Å². The topological polar surface area (TPSA) is 122 Å². The van der Waals surface area contributed by atoms with Crippen molar-refractivity contribution in [2.75, 3.05) is 11.6 Å². The number of benzene rings is 2. The molecule has 0 radical (unpaired) electrons. The number of carbonyl (C=O) groups excluding carboxylic acids is 2. The van der Waals surface area contributed by atoms with E-state index in [1.807, 2.05) is 23.1 Å². The first-order valence-electron chi connectivity index (χ1n) is 12.4. The molecule has 2 fully saturated rings. The number of carboxylic acids is 1. The van der Waals surface area contributed by atoms with E-state index in [0.29, 0.717) is 33.5 Å². The summed E-state index contributed by atoms with van der Waals surface area (Å²) in [6.07, 6.45) is 1.21. The Morgan fingerprint density at radius 1 is 1.18 bits per heavy atom. The highest BCUT2D eigenvalue weighted by molar-refractivity contribution is 8.23. The van der Waals surface area contributed by atoms with Gasteiger partial charge in [0.05, 0.1) is 12.0 Å². The molecule has 2 amide bonds. The molecule has 5 rings (SSSR count). The van der Waals surface area contributed by atoms with E-state index >= 15 is 0 Å². The van der Waals surface area contributed by atoms with Gasteiger partial charge in [0.25, 0.3) is 5.91 Å². The van der Waals surface area contributed by atoms with Gasteiger partial charge in [-0.05, 0) is 48.6 Å². The molecule has 3 aliphatic rings. The number of aromatic hydroxyl groups is 1. The summed E-state index contributed by atoms with van der Waals surface area (Å²) in [4.78, 5) is 42.1. The van der Waals surface area contributed by atoms with E-state index in [9.17, 15) is 24.6 Å². The third kappa shape index (κ3) is 5.65. The van der Waals surface area contributed by atoms with Gasteiger partial charge < -0.3 is 20.8 Å². The molecule has 4 atom stereocenters. The van der Waals surface area contributed by atoms with Gasteiger partial charge in [0.1, 0.15) is 33.2 Å². The summed E-state index contributed by atoms with van der Waals surface area (Å²) in [5.74, 6) is -0.949. The van der Waals surface area contributed by atoms with Crippen molar-refractivity contribution >= 4 is 57.8 Å². The molecule has 0 spiro atoms. The molecule has 0 saturated carbocycles. The number of thioether (sulfide) groups is 2. The summed E-state index contributed by atoms with van der Waals surface area (Å²) < 4.78 is 0.654. The number of nitrogens with one attached hydrogen (secondary N) is 2. The van der Waals surface area contributed by atoms with Crippen LogP contribution in [0.4, 0.5) is 0 Å². The van der Waals surface area contributed by atoms with E-state index in [0.717, 1.165) is 6.42 Å². The zero-order chi connectivity index (χ0) is 27.7. The zero-order valence-corrected chi connectivity index (χ0v) is 23.5. The lowest BCUT2D eigenvalue weighted by Crippen LogP contribution is -2.71. The summed E-state index contributed by atoms with van der Waals surface area (Å²) in [6, 6.07) is 14.9. The number of phenolic OH excluding ortho intramolecular Hbond substituents is 1. The number of hydrogen-bond acceptors (Lipinski definition) is 8. The van der Waals surface area contributed by atoms with E-state index in [1.54, 1.807) is 19.1 Å². The maximum absolute atomic E-state index is 13.9. The number of rotatable bonds is 8. The van der Waals surface area contributed by atoms with E-state index in [1.165, 1.54) is 46.1 Å². The van der Waals surface area contributed by atoms with Crippen molar-refractivity contribution in [2.45, 2.75) is 43.4 Å². The number of hydrogen-bond donors (Lipinski definition) is 4. The maximum atomic E-state index is 13.9. The number of nitrogens with zero attached hydrogens (tertiary/aromatic N) is 2. The zero-order valence-electron chi connectivity index (χ0n) is 21.1. The molecule has 39 heavy (non-hydrogen) atoms. The standard InChI is InChI=1S/C27H28N4O5S3/c1-15-13-38-25-20(24(34)31(25)21(15)26(35)36)29-23(33)22(17-8-10-18(32)11-9-17)30-14-39-27(37)28-19(30)12-7-16-5-3-2-4-6-16/h2-6,8-11,19-20,22,25,32H,7,12-14H2,1H3,(H,28,37)(H,29,33)(H,35,36)/t19?,20-,22?,25-/m1/s1. The first-order valence-corrected chi connectivity index (χ1v) is 14.9. The van der Waals surface area contributed by atoms with Crippen molar-refractivity contribution in [1.29, 1.82) is 0 Å². The summed E-state index contributed by atoms with van der Waals surface area (Å²) in [7, 11) is 0. The van der Waals surface area contributed by atoms with Crippen molar-refractivity contribution in [3.05, 3.63) is 77.0 Å². The second-order valence-corrected chi connectivity index (χ2v) is 12.3. The number of carbonyl (C=O) groups is 3. The number of fused-ring (bicyclic) bond motifs is 1. The van der Waals surface area contributed by atoms with Crippen molar-refractivity contribution in [3.63, 3.8) is 0 Å². The van der Waals surface area contributed by atoms with Gasteiger partial charge in [0, 0.05) is 5.75 Å². The van der Waals surface area contributed by atoms with Gasteiger partial charge in [-0.3, -0.25) is 19.4 Å². The molecule has 2 aromatic carbocycles.